The maximum absolute atomic E-state index is 15.7. The Morgan fingerprint density at radius 2 is 1.17 bits per heavy atom. The van der Waals surface area contributed by atoms with Gasteiger partial charge in [0, 0.05) is 23.8 Å². The molecule has 12 aliphatic rings. The van der Waals surface area contributed by atoms with Gasteiger partial charge in [0.1, 0.15) is 49.4 Å². The molecule has 3 saturated heterocycles. The molecule has 12 rings (SSSR count). The minimum Gasteiger partial charge on any atom is -0.689 e. The van der Waals surface area contributed by atoms with E-state index in [0.29, 0.717) is 37.8 Å². The Labute approximate surface area is 425 Å². The third kappa shape index (κ3) is 12.3. The number of piperidine rings is 3. The van der Waals surface area contributed by atoms with Crippen molar-refractivity contribution in [2.45, 2.75) is 196 Å². The van der Waals surface area contributed by atoms with Gasteiger partial charge in [-0.1, -0.05) is 81.9 Å². The fraction of sp³-hybridized carbons (Fsp3) is 0.815. The Kier molecular flexibility index (Phi) is 19.3. The average Bonchev–Trinajstić information content (AvgIpc) is 3.38. The second kappa shape index (κ2) is 24.9. The second-order valence-electron chi connectivity index (χ2n) is 22.3. The third-order valence-corrected chi connectivity index (χ3v) is 17.6. The molecule has 0 aromatic rings. The van der Waals surface area contributed by atoms with E-state index < -0.39 is 73.2 Å². The molecular weight excluding hydrogens is 1000 g/mol. The van der Waals surface area contributed by atoms with Crippen LogP contribution in [0.2, 0.25) is 0 Å². The fourth-order valence-corrected chi connectivity index (χ4v) is 14.2. The van der Waals surface area contributed by atoms with Crippen molar-refractivity contribution in [3.05, 3.63) is 90.8 Å². The number of nitrogens with zero attached hydrogens (tertiary/aromatic N) is 6. The molecule has 6 aliphatic carbocycles. The van der Waals surface area contributed by atoms with Crippen LogP contribution in [0.1, 0.15) is 122 Å². The van der Waals surface area contributed by atoms with Crippen LogP contribution in [0.5, 0.6) is 0 Å². The molecule has 0 spiro atoms. The molecule has 0 aromatic carbocycles. The van der Waals surface area contributed by atoms with Crippen molar-refractivity contribution in [2.75, 3.05) is 32.7 Å². The van der Waals surface area contributed by atoms with Crippen molar-refractivity contribution in [1.82, 2.24) is 5.32 Å². The quantitative estimate of drug-likeness (QED) is 0.160. The van der Waals surface area contributed by atoms with Gasteiger partial charge in [-0.3, -0.25) is 0 Å². The number of hydrogen-bond donors (Lipinski definition) is 1. The Bertz CT molecular complexity index is 1770. The van der Waals surface area contributed by atoms with Crippen molar-refractivity contribution < 1.29 is 54.6 Å². The minimum absolute atomic E-state index is 0. The summed E-state index contributed by atoms with van der Waals surface area (Å²) in [5.74, 6) is -5.32. The van der Waals surface area contributed by atoms with Gasteiger partial charge in [0.25, 0.3) is 0 Å². The van der Waals surface area contributed by atoms with E-state index in [0.717, 1.165) is 88.8 Å². The van der Waals surface area contributed by atoms with Gasteiger partial charge in [-0.25, -0.2) is 35.1 Å². The summed E-state index contributed by atoms with van der Waals surface area (Å²) in [5, 5.41) is 30.0. The van der Waals surface area contributed by atoms with E-state index in [1.807, 2.05) is 19.2 Å². The van der Waals surface area contributed by atoms with Crippen LogP contribution in [0.15, 0.2) is 58.9 Å². The first-order valence-electron chi connectivity index (χ1n) is 26.8. The zero-order valence-corrected chi connectivity index (χ0v) is 42.5. The predicted octanol–water partition coefficient (Wildman–Crippen LogP) is 14.5. The van der Waals surface area contributed by atoms with Crippen LogP contribution in [0.4, 0.5) is 35.1 Å². The standard InChI is InChI=1S/C34H47F8N3.C10H16N2.C10H12N2.Ru/c1-14-2-4-43-21(6-14)22-13-15(3-5-44-22)12-20-25(35)27(37)23(28(38)26(20)36)24-29(39)31(41)34(32(42)30(24)40)45-33-18-8-16-7-17(10-18)11-19(33)9-16;2*1-3-7-11-9(5-1)10-6-2-4-8-12-10;/h6,15-34,45H,2-5,7-13H2,1H3;1-8H2;1,4-5,8H,2-3,6-7H2;/q3*-2;+8/b;2*10-9-;. The summed E-state index contributed by atoms with van der Waals surface area (Å²) in [6, 6.07) is -2.40. The second-order valence-corrected chi connectivity index (χ2v) is 22.3. The van der Waals surface area contributed by atoms with Crippen molar-refractivity contribution >= 4 is 0 Å². The Morgan fingerprint density at radius 1 is 0.557 bits per heavy atom. The summed E-state index contributed by atoms with van der Waals surface area (Å²) >= 11 is 0. The van der Waals surface area contributed by atoms with Gasteiger partial charge in [-0.15, -0.1) is 57.0 Å². The first-order valence-corrected chi connectivity index (χ1v) is 26.8. The van der Waals surface area contributed by atoms with Gasteiger partial charge in [0.2, 0.25) is 0 Å². The van der Waals surface area contributed by atoms with Crippen LogP contribution < -0.4 is 5.32 Å². The number of allylic oxidation sites excluding steroid dienone is 5. The van der Waals surface area contributed by atoms with Gasteiger partial charge in [0.15, 0.2) is 0 Å². The molecule has 6 aliphatic heterocycles. The molecule has 0 radical (unpaired) electrons. The molecule has 388 valence electrons. The Balaban J connectivity index is 0.000000213. The van der Waals surface area contributed by atoms with E-state index in [1.54, 1.807) is 0 Å². The Morgan fingerprint density at radius 3 is 1.70 bits per heavy atom. The summed E-state index contributed by atoms with van der Waals surface area (Å²) < 4.78 is 125. The van der Waals surface area contributed by atoms with Crippen molar-refractivity contribution in [3.8, 4) is 0 Å². The number of alkyl halides is 8. The maximum atomic E-state index is 15.7. The predicted molar refractivity (Wildman–Crippen MR) is 259 cm³/mol. The Hall–Kier alpha value is -2.16. The molecule has 0 aromatic heterocycles. The van der Waals surface area contributed by atoms with Crippen molar-refractivity contribution in [2.24, 2.45) is 47.3 Å². The van der Waals surface area contributed by atoms with Crippen LogP contribution in [-0.2, 0) is 19.5 Å². The van der Waals surface area contributed by atoms with Gasteiger partial charge >= 0.3 is 19.5 Å². The van der Waals surface area contributed by atoms with Crippen LogP contribution in [0, 0.1) is 47.3 Å². The minimum atomic E-state index is -2.80. The summed E-state index contributed by atoms with van der Waals surface area (Å²) in [6.45, 7) is 6.12. The van der Waals surface area contributed by atoms with E-state index in [1.165, 1.54) is 55.5 Å². The molecule has 6 saturated carbocycles. The van der Waals surface area contributed by atoms with Gasteiger partial charge in [-0.05, 0) is 87.9 Å². The number of hydrogen-bond acceptors (Lipinski definition) is 1. The largest absolute Gasteiger partial charge is 8.00 e. The van der Waals surface area contributed by atoms with E-state index in [2.05, 4.69) is 55.4 Å². The molecule has 11 unspecified atom stereocenters. The third-order valence-electron chi connectivity index (χ3n) is 17.6. The molecular formula is C54H75F8N7Ru+2. The molecule has 6 heterocycles. The topological polar surface area (TPSA) is 96.6 Å². The zero-order valence-electron chi connectivity index (χ0n) is 40.8. The van der Waals surface area contributed by atoms with E-state index in [9.17, 15) is 0 Å². The molecule has 1 N–H and O–H groups in total. The number of rotatable bonds is 6. The first-order chi connectivity index (χ1) is 33.4. The summed E-state index contributed by atoms with van der Waals surface area (Å²) in [4.78, 5) is 0. The summed E-state index contributed by atoms with van der Waals surface area (Å²) in [5.41, 5.74) is 6.07. The maximum Gasteiger partial charge on any atom is 8.00 e. The molecule has 9 fully saturated rings. The smallest absolute Gasteiger partial charge is 0.689 e. The molecule has 11 atom stereocenters. The normalized spacial score (nSPS) is 46.5. The van der Waals surface area contributed by atoms with Gasteiger partial charge in [0.05, 0.1) is 6.04 Å². The van der Waals surface area contributed by atoms with E-state index in [-0.39, 0.29) is 61.8 Å². The molecule has 16 heteroatoms. The molecule has 4 bridgehead atoms. The molecule has 0 amide bonds. The van der Waals surface area contributed by atoms with E-state index >= 15 is 35.1 Å². The van der Waals surface area contributed by atoms with Crippen molar-refractivity contribution in [1.29, 1.82) is 0 Å². The SMILES string of the molecule is C1=C/C(=C2\CCC=C[N-]2)[N-]CC1.C1CC/C(=C2\CCCC[N-]2)[N-]C1.CC1=CC(C2CC(CC3C(F)C(F)C(C4C(F)C(F)C(NC5C6CC7CC(C6)CC5C7)C(F)C4F)C(F)C3F)CC[N-]2)[N-]CC1.[Ru+8]. The summed E-state index contributed by atoms with van der Waals surface area (Å²) in [6.07, 6.45) is 6.13. The summed E-state index contributed by atoms with van der Waals surface area (Å²) in [7, 11) is 0. The molecule has 70 heavy (non-hydrogen) atoms. The van der Waals surface area contributed by atoms with Crippen LogP contribution in [0.25, 0.3) is 31.9 Å². The van der Waals surface area contributed by atoms with Crippen LogP contribution in [0.3, 0.4) is 0 Å². The number of halogens is 8. The van der Waals surface area contributed by atoms with Gasteiger partial charge < -0.3 is 37.2 Å². The monoisotopic (exact) mass is 1080 g/mol. The van der Waals surface area contributed by atoms with Crippen LogP contribution in [-0.4, -0.2) is 106 Å². The first kappa shape index (κ1) is 54.1. The van der Waals surface area contributed by atoms with Crippen LogP contribution >= 0.6 is 0 Å². The van der Waals surface area contributed by atoms with Crippen molar-refractivity contribution in [3.63, 3.8) is 0 Å². The number of nitrogens with one attached hydrogen (secondary N) is 1. The van der Waals surface area contributed by atoms with E-state index in [4.69, 9.17) is 0 Å². The fourth-order valence-electron chi connectivity index (χ4n) is 14.2. The van der Waals surface area contributed by atoms with Gasteiger partial charge in [-0.2, -0.15) is 29.0 Å². The zero-order chi connectivity index (χ0) is 48.2. The molecule has 7 nitrogen and oxygen atoms in total. The average molecular weight is 1080 g/mol.